The first kappa shape index (κ1) is 13.5. The zero-order valence-electron chi connectivity index (χ0n) is 8.50. The van der Waals surface area contributed by atoms with Crippen molar-refractivity contribution in [1.82, 2.24) is 5.43 Å². The molecule has 1 amide bonds. The van der Waals surface area contributed by atoms with Crippen molar-refractivity contribution in [1.29, 1.82) is 0 Å². The quantitative estimate of drug-likeness (QED) is 0.370. The van der Waals surface area contributed by atoms with E-state index in [-0.39, 0.29) is 5.91 Å². The Morgan fingerprint density at radius 2 is 2.19 bits per heavy atom. The molecule has 1 aromatic carbocycles. The van der Waals surface area contributed by atoms with E-state index in [9.17, 15) is 4.79 Å². The molecule has 0 heterocycles. The molecule has 16 heavy (non-hydrogen) atoms. The van der Waals surface area contributed by atoms with Crippen molar-refractivity contribution in [3.8, 4) is 5.75 Å². The van der Waals surface area contributed by atoms with Gasteiger partial charge in [0, 0.05) is 10.9 Å². The van der Waals surface area contributed by atoms with Gasteiger partial charge in [-0.15, -0.1) is 0 Å². The van der Waals surface area contributed by atoms with Crippen LogP contribution in [0.2, 0.25) is 0 Å². The molecule has 0 aliphatic carbocycles. The topological polar surface area (TPSA) is 64.3 Å². The van der Waals surface area contributed by atoms with Crippen molar-refractivity contribution in [3.05, 3.63) is 27.1 Å². The van der Waals surface area contributed by atoms with E-state index in [0.717, 1.165) is 14.7 Å². The third kappa shape index (κ3) is 4.51. The van der Waals surface area contributed by atoms with Gasteiger partial charge in [-0.2, -0.15) is 0 Å². The molecule has 88 valence electrons. The third-order valence-corrected chi connectivity index (χ3v) is 2.97. The Balaban J connectivity index is 2.35. The highest BCUT2D eigenvalue weighted by Crippen LogP contribution is 2.28. The minimum atomic E-state index is -0.182. The van der Waals surface area contributed by atoms with E-state index in [1.54, 1.807) is 0 Å². The van der Waals surface area contributed by atoms with Crippen molar-refractivity contribution >= 4 is 37.8 Å². The minimum Gasteiger partial charge on any atom is -0.492 e. The second-order valence-electron chi connectivity index (χ2n) is 3.09. The van der Waals surface area contributed by atoms with E-state index in [1.165, 1.54) is 0 Å². The number of nitrogens with two attached hydrogens (primary N) is 1. The summed E-state index contributed by atoms with van der Waals surface area (Å²) in [5.41, 5.74) is 2.07. The molecule has 0 aliphatic rings. The van der Waals surface area contributed by atoms with E-state index in [2.05, 4.69) is 37.3 Å². The fourth-order valence-corrected chi connectivity index (χ4v) is 2.24. The van der Waals surface area contributed by atoms with Gasteiger partial charge in [-0.25, -0.2) is 5.84 Å². The van der Waals surface area contributed by atoms with Crippen LogP contribution < -0.4 is 16.0 Å². The molecule has 3 N–H and O–H groups in total. The van der Waals surface area contributed by atoms with Gasteiger partial charge in [0.1, 0.15) is 5.75 Å². The molecule has 4 nitrogen and oxygen atoms in total. The van der Waals surface area contributed by atoms with Crippen molar-refractivity contribution < 1.29 is 9.53 Å². The first-order valence-corrected chi connectivity index (χ1v) is 6.29. The Labute approximate surface area is 111 Å². The fraction of sp³-hybridized carbons (Fsp3) is 0.300. The highest BCUT2D eigenvalue weighted by atomic mass is 79.9. The number of carbonyl (C=O) groups excluding carboxylic acids is 1. The van der Waals surface area contributed by atoms with Gasteiger partial charge in [-0.3, -0.25) is 10.2 Å². The number of hydrogen-bond acceptors (Lipinski definition) is 3. The molecule has 0 fully saturated rings. The van der Waals surface area contributed by atoms with Gasteiger partial charge < -0.3 is 4.74 Å². The monoisotopic (exact) mass is 350 g/mol. The Bertz CT molecular complexity index is 372. The van der Waals surface area contributed by atoms with E-state index in [0.29, 0.717) is 19.4 Å². The average Bonchev–Trinajstić information content (AvgIpc) is 2.26. The summed E-state index contributed by atoms with van der Waals surface area (Å²) in [7, 11) is 0. The van der Waals surface area contributed by atoms with Crippen molar-refractivity contribution in [2.75, 3.05) is 6.61 Å². The zero-order valence-corrected chi connectivity index (χ0v) is 11.7. The lowest BCUT2D eigenvalue weighted by atomic mass is 10.3. The summed E-state index contributed by atoms with van der Waals surface area (Å²) in [6.45, 7) is 0.480. The maximum atomic E-state index is 10.8. The van der Waals surface area contributed by atoms with E-state index >= 15 is 0 Å². The largest absolute Gasteiger partial charge is 0.492 e. The van der Waals surface area contributed by atoms with Crippen LogP contribution in [0, 0.1) is 0 Å². The van der Waals surface area contributed by atoms with Crippen LogP contribution >= 0.6 is 31.9 Å². The Morgan fingerprint density at radius 3 is 2.81 bits per heavy atom. The molecule has 0 aliphatic heterocycles. The SMILES string of the molecule is NNC(=O)CCCOc1ccc(Br)cc1Br. The Hall–Kier alpha value is -0.590. The van der Waals surface area contributed by atoms with E-state index in [1.807, 2.05) is 18.2 Å². The predicted octanol–water partition coefficient (Wildman–Crippen LogP) is 2.36. The second kappa shape index (κ2) is 6.88. The second-order valence-corrected chi connectivity index (χ2v) is 4.86. The number of carbonyl (C=O) groups is 1. The summed E-state index contributed by atoms with van der Waals surface area (Å²) in [4.78, 5) is 10.8. The smallest absolute Gasteiger partial charge is 0.234 e. The molecule has 0 atom stereocenters. The van der Waals surface area contributed by atoms with Gasteiger partial charge in [0.25, 0.3) is 0 Å². The molecule has 0 saturated heterocycles. The van der Waals surface area contributed by atoms with Crippen LogP contribution in [-0.2, 0) is 4.79 Å². The van der Waals surface area contributed by atoms with Gasteiger partial charge in [0.15, 0.2) is 0 Å². The minimum absolute atomic E-state index is 0.182. The fourth-order valence-electron chi connectivity index (χ4n) is 1.08. The lowest BCUT2D eigenvalue weighted by Gasteiger charge is -2.07. The summed E-state index contributed by atoms with van der Waals surface area (Å²) >= 11 is 6.74. The molecule has 0 saturated carbocycles. The summed E-state index contributed by atoms with van der Waals surface area (Å²) in [5.74, 6) is 5.53. The average molecular weight is 352 g/mol. The number of ether oxygens (including phenoxy) is 1. The maximum Gasteiger partial charge on any atom is 0.234 e. The standard InChI is InChI=1S/C10H12Br2N2O2/c11-7-3-4-9(8(12)6-7)16-5-1-2-10(15)14-13/h3-4,6H,1-2,5,13H2,(H,14,15). The molecule has 0 aromatic heterocycles. The number of nitrogens with one attached hydrogen (secondary N) is 1. The normalized spacial score (nSPS) is 9.94. The molecule has 0 spiro atoms. The molecule has 1 aromatic rings. The summed E-state index contributed by atoms with van der Waals surface area (Å²) in [6, 6.07) is 5.66. The van der Waals surface area contributed by atoms with Gasteiger partial charge in [-0.1, -0.05) is 15.9 Å². The number of amides is 1. The highest BCUT2D eigenvalue weighted by Gasteiger charge is 2.02. The molecule has 0 bridgehead atoms. The maximum absolute atomic E-state index is 10.8. The van der Waals surface area contributed by atoms with Crippen LogP contribution in [0.1, 0.15) is 12.8 Å². The Kier molecular flexibility index (Phi) is 5.79. The number of benzene rings is 1. The molecular formula is C10H12Br2N2O2. The van der Waals surface area contributed by atoms with Gasteiger partial charge in [0.05, 0.1) is 11.1 Å². The lowest BCUT2D eigenvalue weighted by Crippen LogP contribution is -2.29. The van der Waals surface area contributed by atoms with E-state index in [4.69, 9.17) is 10.6 Å². The zero-order chi connectivity index (χ0) is 12.0. The number of halogens is 2. The van der Waals surface area contributed by atoms with Crippen molar-refractivity contribution in [2.45, 2.75) is 12.8 Å². The third-order valence-electron chi connectivity index (χ3n) is 1.86. The Morgan fingerprint density at radius 1 is 1.44 bits per heavy atom. The number of hydrogen-bond donors (Lipinski definition) is 2. The molecular weight excluding hydrogens is 340 g/mol. The van der Waals surface area contributed by atoms with Crippen LogP contribution in [0.5, 0.6) is 5.75 Å². The molecule has 1 rings (SSSR count). The number of rotatable bonds is 5. The van der Waals surface area contributed by atoms with E-state index < -0.39 is 0 Å². The van der Waals surface area contributed by atoms with Crippen LogP contribution in [0.3, 0.4) is 0 Å². The van der Waals surface area contributed by atoms with Crippen molar-refractivity contribution in [3.63, 3.8) is 0 Å². The van der Waals surface area contributed by atoms with Crippen LogP contribution in [-0.4, -0.2) is 12.5 Å². The molecule has 0 radical (unpaired) electrons. The lowest BCUT2D eigenvalue weighted by molar-refractivity contribution is -0.121. The first-order valence-electron chi connectivity index (χ1n) is 4.71. The number of hydrazine groups is 1. The summed E-state index contributed by atoms with van der Waals surface area (Å²) in [5, 5.41) is 0. The van der Waals surface area contributed by atoms with Crippen LogP contribution in [0.4, 0.5) is 0 Å². The highest BCUT2D eigenvalue weighted by molar-refractivity contribution is 9.11. The van der Waals surface area contributed by atoms with Gasteiger partial charge >= 0.3 is 0 Å². The van der Waals surface area contributed by atoms with Gasteiger partial charge in [0.2, 0.25) is 5.91 Å². The summed E-state index contributed by atoms with van der Waals surface area (Å²) in [6.07, 6.45) is 0.996. The molecule has 0 unspecified atom stereocenters. The van der Waals surface area contributed by atoms with Crippen LogP contribution in [0.25, 0.3) is 0 Å². The first-order chi connectivity index (χ1) is 7.63. The molecule has 6 heteroatoms. The van der Waals surface area contributed by atoms with Gasteiger partial charge in [-0.05, 0) is 40.5 Å². The van der Waals surface area contributed by atoms with Crippen molar-refractivity contribution in [2.24, 2.45) is 5.84 Å². The van der Waals surface area contributed by atoms with Crippen LogP contribution in [0.15, 0.2) is 27.1 Å². The summed E-state index contributed by atoms with van der Waals surface area (Å²) < 4.78 is 7.36. The predicted molar refractivity (Wildman–Crippen MR) is 68.9 cm³/mol.